The number of hydrogen-bond donors (Lipinski definition) is 1. The van der Waals surface area contributed by atoms with E-state index in [1.807, 2.05) is 91.0 Å². The summed E-state index contributed by atoms with van der Waals surface area (Å²) in [4.78, 5) is 14.3. The zero-order valence-electron chi connectivity index (χ0n) is 17.4. The highest BCUT2D eigenvalue weighted by atomic mass is 16.3. The van der Waals surface area contributed by atoms with E-state index < -0.39 is 0 Å². The minimum absolute atomic E-state index is 0.314. The van der Waals surface area contributed by atoms with Crippen LogP contribution in [-0.2, 0) is 6.42 Å². The van der Waals surface area contributed by atoms with Crippen LogP contribution in [0.2, 0.25) is 0 Å². The molecule has 154 valence electrons. The average molecular weight is 415 g/mol. The number of rotatable bonds is 5. The monoisotopic (exact) mass is 415 g/mol. The Hall–Kier alpha value is -4.31. The molecule has 0 amide bonds. The Balaban J connectivity index is 1.53. The summed E-state index contributed by atoms with van der Waals surface area (Å²) < 4.78 is 0. The fourth-order valence-corrected chi connectivity index (χ4v) is 3.59. The Bertz CT molecular complexity index is 1280. The molecule has 4 heteroatoms. The lowest BCUT2D eigenvalue weighted by molar-refractivity contribution is 0.469. The number of benzene rings is 4. The predicted octanol–water partition coefficient (Wildman–Crippen LogP) is 6.17. The van der Waals surface area contributed by atoms with Gasteiger partial charge in [0.05, 0.1) is 0 Å². The second kappa shape index (κ2) is 8.82. The van der Waals surface area contributed by atoms with Gasteiger partial charge in [-0.05, 0) is 17.2 Å². The summed E-state index contributed by atoms with van der Waals surface area (Å²) in [7, 11) is 0. The number of phenolic OH excluding ortho intramolecular Hbond substituents is 1. The lowest BCUT2D eigenvalue weighted by Crippen LogP contribution is -2.00. The normalized spacial score (nSPS) is 10.8. The Labute approximate surface area is 186 Å². The van der Waals surface area contributed by atoms with E-state index in [1.165, 1.54) is 0 Å². The van der Waals surface area contributed by atoms with Crippen molar-refractivity contribution in [3.05, 3.63) is 120 Å². The van der Waals surface area contributed by atoms with Gasteiger partial charge in [0, 0.05) is 23.1 Å². The first-order valence-corrected chi connectivity index (χ1v) is 10.5. The molecule has 0 aliphatic heterocycles. The third kappa shape index (κ3) is 4.25. The first-order chi connectivity index (χ1) is 15.8. The van der Waals surface area contributed by atoms with E-state index in [0.717, 1.165) is 27.8 Å². The quantitative estimate of drug-likeness (QED) is 0.373. The summed E-state index contributed by atoms with van der Waals surface area (Å²) in [5, 5.41) is 10.1. The van der Waals surface area contributed by atoms with Gasteiger partial charge in [0.2, 0.25) is 0 Å². The maximum atomic E-state index is 10.1. The number of para-hydroxylation sites is 1. The highest BCUT2D eigenvalue weighted by Gasteiger charge is 2.12. The zero-order valence-corrected chi connectivity index (χ0v) is 17.4. The molecule has 1 aromatic heterocycles. The van der Waals surface area contributed by atoms with Gasteiger partial charge in [-0.25, -0.2) is 15.0 Å². The molecular weight excluding hydrogens is 394 g/mol. The molecule has 0 aliphatic carbocycles. The van der Waals surface area contributed by atoms with Crippen LogP contribution in [-0.4, -0.2) is 20.1 Å². The van der Waals surface area contributed by atoms with Crippen molar-refractivity contribution in [1.82, 2.24) is 15.0 Å². The number of phenols is 1. The minimum atomic E-state index is 0.314. The fraction of sp³-hybridized carbons (Fsp3) is 0.0357. The van der Waals surface area contributed by atoms with E-state index in [1.54, 1.807) is 6.07 Å². The molecule has 4 nitrogen and oxygen atoms in total. The molecule has 5 aromatic rings. The molecule has 0 spiro atoms. The van der Waals surface area contributed by atoms with Crippen LogP contribution in [0.4, 0.5) is 0 Å². The summed E-state index contributed by atoms with van der Waals surface area (Å²) in [5.74, 6) is 2.24. The summed E-state index contributed by atoms with van der Waals surface area (Å²) in [6.45, 7) is 0. The molecular formula is C28H21N3O. The Morgan fingerprint density at radius 2 is 0.906 bits per heavy atom. The van der Waals surface area contributed by atoms with Gasteiger partial charge in [0.25, 0.3) is 0 Å². The van der Waals surface area contributed by atoms with E-state index in [0.29, 0.717) is 29.6 Å². The Kier molecular flexibility index (Phi) is 5.41. The number of nitrogens with zero attached hydrogens (tertiary/aromatic N) is 3. The van der Waals surface area contributed by atoms with Gasteiger partial charge in [-0.2, -0.15) is 0 Å². The third-order valence-electron chi connectivity index (χ3n) is 5.30. The van der Waals surface area contributed by atoms with Crippen molar-refractivity contribution in [2.75, 3.05) is 0 Å². The van der Waals surface area contributed by atoms with Crippen LogP contribution >= 0.6 is 0 Å². The number of aromatic nitrogens is 3. The molecule has 0 unspecified atom stereocenters. The van der Waals surface area contributed by atoms with Gasteiger partial charge in [-0.1, -0.05) is 103 Å². The van der Waals surface area contributed by atoms with Crippen molar-refractivity contribution in [2.45, 2.75) is 6.42 Å². The molecule has 32 heavy (non-hydrogen) atoms. The van der Waals surface area contributed by atoms with Gasteiger partial charge in [-0.3, -0.25) is 0 Å². The predicted molar refractivity (Wildman–Crippen MR) is 127 cm³/mol. The van der Waals surface area contributed by atoms with Crippen LogP contribution in [0, 0.1) is 0 Å². The van der Waals surface area contributed by atoms with Crippen LogP contribution in [0.25, 0.3) is 34.2 Å². The number of aromatic hydroxyl groups is 1. The second-order valence-electron chi connectivity index (χ2n) is 7.54. The third-order valence-corrected chi connectivity index (χ3v) is 5.30. The molecule has 4 aromatic carbocycles. The molecule has 1 heterocycles. The molecule has 0 saturated heterocycles. The summed E-state index contributed by atoms with van der Waals surface area (Å²) in [6, 6.07) is 35.5. The highest BCUT2D eigenvalue weighted by Crippen LogP contribution is 2.26. The maximum absolute atomic E-state index is 10.1. The molecule has 0 radical (unpaired) electrons. The molecule has 0 atom stereocenters. The van der Waals surface area contributed by atoms with Crippen molar-refractivity contribution >= 4 is 0 Å². The van der Waals surface area contributed by atoms with E-state index in [2.05, 4.69) is 12.1 Å². The lowest BCUT2D eigenvalue weighted by Gasteiger charge is -2.09. The van der Waals surface area contributed by atoms with Crippen LogP contribution in [0.1, 0.15) is 11.1 Å². The molecule has 0 aliphatic rings. The van der Waals surface area contributed by atoms with Crippen LogP contribution in [0.15, 0.2) is 109 Å². The zero-order chi connectivity index (χ0) is 21.8. The van der Waals surface area contributed by atoms with Crippen molar-refractivity contribution in [3.63, 3.8) is 0 Å². The van der Waals surface area contributed by atoms with E-state index in [9.17, 15) is 5.11 Å². The molecule has 1 N–H and O–H groups in total. The average Bonchev–Trinajstić information content (AvgIpc) is 2.87. The minimum Gasteiger partial charge on any atom is -0.508 e. The smallest absolute Gasteiger partial charge is 0.164 e. The van der Waals surface area contributed by atoms with Gasteiger partial charge in [0.15, 0.2) is 17.5 Å². The van der Waals surface area contributed by atoms with Crippen LogP contribution in [0.5, 0.6) is 5.75 Å². The summed E-state index contributed by atoms with van der Waals surface area (Å²) >= 11 is 0. The van der Waals surface area contributed by atoms with Gasteiger partial charge in [0.1, 0.15) is 5.75 Å². The van der Waals surface area contributed by atoms with E-state index in [-0.39, 0.29) is 0 Å². The molecule has 0 saturated carbocycles. The maximum Gasteiger partial charge on any atom is 0.164 e. The Morgan fingerprint density at radius 3 is 1.41 bits per heavy atom. The standard InChI is InChI=1S/C28H21N3O/c32-25-14-8-7-13-24(25)19-20-15-17-23(18-16-20)28-30-26(21-9-3-1-4-10-21)29-27(31-28)22-11-5-2-6-12-22/h1-18,32H,19H2. The van der Waals surface area contributed by atoms with Crippen molar-refractivity contribution in [2.24, 2.45) is 0 Å². The molecule has 5 rings (SSSR count). The first kappa shape index (κ1) is 19.6. The summed E-state index contributed by atoms with van der Waals surface area (Å²) in [5.41, 5.74) is 4.82. The lowest BCUT2D eigenvalue weighted by atomic mass is 10.0. The highest BCUT2D eigenvalue weighted by molar-refractivity contribution is 5.66. The second-order valence-corrected chi connectivity index (χ2v) is 7.54. The largest absolute Gasteiger partial charge is 0.508 e. The molecule has 0 fully saturated rings. The van der Waals surface area contributed by atoms with Crippen molar-refractivity contribution < 1.29 is 5.11 Å². The van der Waals surface area contributed by atoms with Gasteiger partial charge < -0.3 is 5.11 Å². The van der Waals surface area contributed by atoms with Crippen LogP contribution in [0.3, 0.4) is 0 Å². The van der Waals surface area contributed by atoms with Gasteiger partial charge >= 0.3 is 0 Å². The van der Waals surface area contributed by atoms with Crippen LogP contribution < -0.4 is 0 Å². The summed E-state index contributed by atoms with van der Waals surface area (Å²) in [6.07, 6.45) is 0.661. The van der Waals surface area contributed by atoms with E-state index in [4.69, 9.17) is 15.0 Å². The molecule has 0 bridgehead atoms. The van der Waals surface area contributed by atoms with Gasteiger partial charge in [-0.15, -0.1) is 0 Å². The van der Waals surface area contributed by atoms with Crippen molar-refractivity contribution in [3.8, 4) is 39.9 Å². The SMILES string of the molecule is Oc1ccccc1Cc1ccc(-c2nc(-c3ccccc3)nc(-c3ccccc3)n2)cc1. The van der Waals surface area contributed by atoms with E-state index >= 15 is 0 Å². The fourth-order valence-electron chi connectivity index (χ4n) is 3.59. The Morgan fingerprint density at radius 1 is 0.469 bits per heavy atom. The topological polar surface area (TPSA) is 58.9 Å². The number of hydrogen-bond acceptors (Lipinski definition) is 4. The van der Waals surface area contributed by atoms with Crippen molar-refractivity contribution in [1.29, 1.82) is 0 Å². The first-order valence-electron chi connectivity index (χ1n) is 10.5.